The minimum absolute atomic E-state index is 0.358. The summed E-state index contributed by atoms with van der Waals surface area (Å²) in [7, 11) is -0.473. The summed E-state index contributed by atoms with van der Waals surface area (Å²) >= 11 is 0. The van der Waals surface area contributed by atoms with E-state index in [0.717, 1.165) is 16.7 Å². The molecule has 3 aromatic rings. The maximum absolute atomic E-state index is 14.5. The van der Waals surface area contributed by atoms with Crippen LogP contribution in [0.4, 0.5) is 0 Å². The quantitative estimate of drug-likeness (QED) is 0.551. The zero-order chi connectivity index (χ0) is 21.2. The average Bonchev–Trinajstić information content (AvgIpc) is 2.72. The van der Waals surface area contributed by atoms with Gasteiger partial charge in [-0.2, -0.15) is 0 Å². The van der Waals surface area contributed by atoms with Gasteiger partial charge in [-0.3, -0.25) is 4.79 Å². The number of carbonyl (C=O) groups excluding carboxylic acids is 1. The van der Waals surface area contributed by atoms with E-state index in [1.54, 1.807) is 62.8 Å². The number of rotatable bonds is 6. The van der Waals surface area contributed by atoms with Crippen LogP contribution in [0.3, 0.4) is 0 Å². The zero-order valence-corrected chi connectivity index (χ0v) is 18.2. The molecule has 0 aliphatic carbocycles. The molecule has 0 bridgehead atoms. The lowest BCUT2D eigenvalue weighted by molar-refractivity contribution is 0.107. The topological polar surface area (TPSA) is 52.6 Å². The van der Waals surface area contributed by atoms with Crippen LogP contribution in [0.15, 0.2) is 60.7 Å². The van der Waals surface area contributed by atoms with Gasteiger partial charge >= 0.3 is 0 Å². The second-order valence-corrected chi connectivity index (χ2v) is 9.74. The Morgan fingerprint density at radius 2 is 1.10 bits per heavy atom. The number of carbonyl (C=O) groups is 1. The van der Waals surface area contributed by atoms with Gasteiger partial charge in [0.15, 0.2) is 0 Å². The predicted molar refractivity (Wildman–Crippen MR) is 118 cm³/mol. The molecule has 0 saturated heterocycles. The summed E-state index contributed by atoms with van der Waals surface area (Å²) in [4.78, 5) is 13.8. The van der Waals surface area contributed by atoms with Crippen molar-refractivity contribution in [1.29, 1.82) is 0 Å². The maximum Gasteiger partial charge on any atom is 0.230 e. The fourth-order valence-corrected chi connectivity index (χ4v) is 6.22. The van der Waals surface area contributed by atoms with Gasteiger partial charge in [0.2, 0.25) is 12.7 Å². The Morgan fingerprint density at radius 1 is 0.724 bits per heavy atom. The molecule has 0 unspecified atom stereocenters. The lowest BCUT2D eigenvalue weighted by atomic mass is 10.0. The first-order chi connectivity index (χ1) is 13.8. The molecule has 4 nitrogen and oxygen atoms in total. The maximum atomic E-state index is 14.5. The van der Waals surface area contributed by atoms with Gasteiger partial charge in [0.1, 0.15) is 11.5 Å². The van der Waals surface area contributed by atoms with Gasteiger partial charge in [-0.05, 0) is 80.4 Å². The highest BCUT2D eigenvalue weighted by Gasteiger charge is 2.38. The van der Waals surface area contributed by atoms with E-state index >= 15 is 0 Å². The van der Waals surface area contributed by atoms with Gasteiger partial charge in [-0.1, -0.05) is 17.7 Å². The number of hydrogen-bond acceptors (Lipinski definition) is 4. The molecule has 0 N–H and O–H groups in total. The van der Waals surface area contributed by atoms with Gasteiger partial charge in [-0.25, -0.2) is 0 Å². The van der Waals surface area contributed by atoms with Crippen molar-refractivity contribution in [2.75, 3.05) is 14.2 Å². The van der Waals surface area contributed by atoms with Gasteiger partial charge < -0.3 is 14.0 Å². The third kappa shape index (κ3) is 3.86. The fraction of sp³-hybridized carbons (Fsp3) is 0.208. The van der Waals surface area contributed by atoms with Crippen molar-refractivity contribution >= 4 is 23.3 Å². The molecule has 29 heavy (non-hydrogen) atoms. The summed E-state index contributed by atoms with van der Waals surface area (Å²) in [6.45, 7) is 5.76. The van der Waals surface area contributed by atoms with Gasteiger partial charge in [0.05, 0.1) is 14.2 Å². The van der Waals surface area contributed by atoms with Gasteiger partial charge in [0, 0.05) is 16.2 Å². The molecule has 0 aliphatic heterocycles. The Hall–Kier alpha value is -2.84. The number of ether oxygens (including phenoxy) is 2. The van der Waals surface area contributed by atoms with E-state index in [2.05, 4.69) is 0 Å². The molecule has 0 radical (unpaired) electrons. The van der Waals surface area contributed by atoms with Crippen LogP contribution < -0.4 is 20.1 Å². The Labute approximate surface area is 171 Å². The van der Waals surface area contributed by atoms with Crippen LogP contribution in [0.25, 0.3) is 0 Å². The van der Waals surface area contributed by atoms with E-state index < -0.39 is 7.14 Å². The van der Waals surface area contributed by atoms with E-state index in [0.29, 0.717) is 27.7 Å². The van der Waals surface area contributed by atoms with E-state index in [-0.39, 0.29) is 5.52 Å². The monoisotopic (exact) mass is 408 g/mol. The minimum Gasteiger partial charge on any atom is -0.497 e. The van der Waals surface area contributed by atoms with Crippen molar-refractivity contribution in [2.24, 2.45) is 0 Å². The largest absolute Gasteiger partial charge is 0.497 e. The van der Waals surface area contributed by atoms with Crippen molar-refractivity contribution in [3.05, 3.63) is 82.9 Å². The summed E-state index contributed by atoms with van der Waals surface area (Å²) in [6.07, 6.45) is 0. The number of benzene rings is 3. The first kappa shape index (κ1) is 20.9. The minimum atomic E-state index is -3.62. The molecule has 0 amide bonds. The summed E-state index contributed by atoms with van der Waals surface area (Å²) in [6, 6.07) is 17.7. The molecule has 0 aliphatic rings. The van der Waals surface area contributed by atoms with Crippen molar-refractivity contribution in [1.82, 2.24) is 0 Å². The molecule has 0 atom stereocenters. The van der Waals surface area contributed by atoms with Crippen LogP contribution in [0.5, 0.6) is 11.5 Å². The molecule has 0 aromatic heterocycles. The smallest absolute Gasteiger partial charge is 0.230 e. The van der Waals surface area contributed by atoms with Crippen LogP contribution in [0.1, 0.15) is 27.0 Å². The van der Waals surface area contributed by atoms with Gasteiger partial charge in [0.25, 0.3) is 0 Å². The molecule has 3 aromatic carbocycles. The zero-order valence-electron chi connectivity index (χ0n) is 17.4. The molecule has 0 spiro atoms. The van der Waals surface area contributed by atoms with Crippen molar-refractivity contribution in [3.8, 4) is 11.5 Å². The van der Waals surface area contributed by atoms with Gasteiger partial charge in [-0.15, -0.1) is 0 Å². The van der Waals surface area contributed by atoms with Crippen LogP contribution in [-0.4, -0.2) is 19.7 Å². The van der Waals surface area contributed by atoms with E-state index in [9.17, 15) is 9.36 Å². The molecule has 0 heterocycles. The first-order valence-electron chi connectivity index (χ1n) is 9.33. The Balaban J connectivity index is 2.24. The second kappa shape index (κ2) is 8.26. The summed E-state index contributed by atoms with van der Waals surface area (Å²) in [5, 5.41) is 0.959. The lowest BCUT2D eigenvalue weighted by Crippen LogP contribution is -2.24. The standard InChI is InChI=1S/C24H25O4P/c1-16-14-17(2)23(18(3)15-16)24(25)29(26,21-10-6-19(27-4)7-11-21)22-12-8-20(28-5)9-13-22/h6-15H,1-5H3. The summed E-state index contributed by atoms with van der Waals surface area (Å²) in [5.41, 5.74) is 2.89. The number of aryl methyl sites for hydroxylation is 3. The third-order valence-electron chi connectivity index (χ3n) is 5.05. The highest BCUT2D eigenvalue weighted by molar-refractivity contribution is 7.93. The van der Waals surface area contributed by atoms with Crippen molar-refractivity contribution in [2.45, 2.75) is 20.8 Å². The Kier molecular flexibility index (Phi) is 5.95. The molecular formula is C24H25O4P. The van der Waals surface area contributed by atoms with Crippen molar-refractivity contribution < 1.29 is 18.8 Å². The van der Waals surface area contributed by atoms with Crippen LogP contribution in [0, 0.1) is 20.8 Å². The second-order valence-electron chi connectivity index (χ2n) is 7.08. The first-order valence-corrected chi connectivity index (χ1v) is 11.0. The molecule has 3 rings (SSSR count). The van der Waals surface area contributed by atoms with Crippen LogP contribution >= 0.6 is 7.14 Å². The number of hydrogen-bond donors (Lipinski definition) is 0. The fourth-order valence-electron chi connectivity index (χ4n) is 3.64. The van der Waals surface area contributed by atoms with E-state index in [1.807, 2.05) is 32.9 Å². The Bertz CT molecular complexity index is 1010. The van der Waals surface area contributed by atoms with E-state index in [4.69, 9.17) is 9.47 Å². The lowest BCUT2D eigenvalue weighted by Gasteiger charge is -2.21. The highest BCUT2D eigenvalue weighted by Crippen LogP contribution is 2.48. The molecule has 0 fully saturated rings. The van der Waals surface area contributed by atoms with E-state index in [1.165, 1.54) is 0 Å². The number of methoxy groups -OCH3 is 2. The average molecular weight is 408 g/mol. The summed E-state index contributed by atoms with van der Waals surface area (Å²) < 4.78 is 24.9. The summed E-state index contributed by atoms with van der Waals surface area (Å²) in [5.74, 6) is 1.29. The molecule has 5 heteroatoms. The highest BCUT2D eigenvalue weighted by atomic mass is 31.2. The molecule has 0 saturated carbocycles. The van der Waals surface area contributed by atoms with Crippen LogP contribution in [0.2, 0.25) is 0 Å². The SMILES string of the molecule is COc1ccc(P(=O)(C(=O)c2c(C)cc(C)cc2C)c2ccc(OC)cc2)cc1. The molecular weight excluding hydrogens is 383 g/mol. The van der Waals surface area contributed by atoms with Crippen LogP contribution in [-0.2, 0) is 4.57 Å². The normalized spacial score (nSPS) is 11.2. The third-order valence-corrected chi connectivity index (χ3v) is 7.90. The molecule has 150 valence electrons. The van der Waals surface area contributed by atoms with Crippen molar-refractivity contribution in [3.63, 3.8) is 0 Å². The predicted octanol–water partition coefficient (Wildman–Crippen LogP) is 4.78. The Morgan fingerprint density at radius 3 is 1.45 bits per heavy atom.